The lowest BCUT2D eigenvalue weighted by molar-refractivity contribution is 0.100. The van der Waals surface area contributed by atoms with E-state index in [1.165, 1.54) is 24.2 Å². The number of pyridine rings is 1. The minimum absolute atomic E-state index is 0.413. The zero-order valence-electron chi connectivity index (χ0n) is 11.3. The number of hydrogen-bond acceptors (Lipinski definition) is 4. The maximum absolute atomic E-state index is 11.3. The molecule has 0 radical (unpaired) electrons. The number of unbranched alkanes of at least 4 members (excludes halogenated alkanes) is 2. The molecule has 0 bridgehead atoms. The van der Waals surface area contributed by atoms with Gasteiger partial charge in [-0.15, -0.1) is 11.3 Å². The summed E-state index contributed by atoms with van der Waals surface area (Å²) in [6.45, 7) is 4.18. The van der Waals surface area contributed by atoms with E-state index in [0.29, 0.717) is 10.6 Å². The molecule has 0 spiro atoms. The average Bonchev–Trinajstić information content (AvgIpc) is 2.67. The number of nitrogens with zero attached hydrogens (tertiary/aromatic N) is 1. The minimum atomic E-state index is -0.479. The predicted octanol–water partition coefficient (Wildman–Crippen LogP) is 3.02. The first kappa shape index (κ1) is 13.8. The van der Waals surface area contributed by atoms with Gasteiger partial charge in [-0.2, -0.15) is 0 Å². The second kappa shape index (κ2) is 5.57. The van der Waals surface area contributed by atoms with Gasteiger partial charge in [-0.1, -0.05) is 19.8 Å². The van der Waals surface area contributed by atoms with Gasteiger partial charge in [0.15, 0.2) is 0 Å². The van der Waals surface area contributed by atoms with Gasteiger partial charge >= 0.3 is 0 Å². The van der Waals surface area contributed by atoms with Crippen LogP contribution >= 0.6 is 11.3 Å². The van der Waals surface area contributed by atoms with Crippen LogP contribution in [0.2, 0.25) is 0 Å². The van der Waals surface area contributed by atoms with Crippen LogP contribution in [0.5, 0.6) is 0 Å². The maximum atomic E-state index is 11.3. The van der Waals surface area contributed by atoms with Gasteiger partial charge in [0.25, 0.3) is 5.91 Å². The van der Waals surface area contributed by atoms with Gasteiger partial charge < -0.3 is 11.5 Å². The Balaban J connectivity index is 2.43. The van der Waals surface area contributed by atoms with Gasteiger partial charge in [-0.25, -0.2) is 4.98 Å². The number of anilines is 1. The highest BCUT2D eigenvalue weighted by Crippen LogP contribution is 2.34. The van der Waals surface area contributed by atoms with E-state index >= 15 is 0 Å². The van der Waals surface area contributed by atoms with Crippen LogP contribution in [0.4, 0.5) is 5.69 Å². The van der Waals surface area contributed by atoms with E-state index in [2.05, 4.69) is 18.0 Å². The highest BCUT2D eigenvalue weighted by molar-refractivity contribution is 7.21. The number of amides is 1. The van der Waals surface area contributed by atoms with Crippen molar-refractivity contribution in [3.05, 3.63) is 22.2 Å². The Hall–Kier alpha value is -1.62. The monoisotopic (exact) mass is 277 g/mol. The standard InChI is InChI=1S/C14H19N3OS/c1-3-4-5-6-9-7-8(2)10-11(15)12(13(16)18)19-14(10)17-9/h7H,3-6,15H2,1-2H3,(H2,16,18). The van der Waals surface area contributed by atoms with Gasteiger partial charge in [-0.05, 0) is 31.4 Å². The number of primary amides is 1. The molecule has 0 aliphatic heterocycles. The highest BCUT2D eigenvalue weighted by Gasteiger charge is 2.17. The van der Waals surface area contributed by atoms with Gasteiger partial charge in [0.2, 0.25) is 0 Å². The fourth-order valence-electron chi connectivity index (χ4n) is 2.24. The molecule has 0 aliphatic rings. The first-order chi connectivity index (χ1) is 9.04. The predicted molar refractivity (Wildman–Crippen MR) is 80.5 cm³/mol. The number of fused-ring (bicyclic) bond motifs is 1. The number of aromatic nitrogens is 1. The second-order valence-electron chi connectivity index (χ2n) is 4.78. The van der Waals surface area contributed by atoms with Gasteiger partial charge in [0.1, 0.15) is 9.71 Å². The Bertz CT molecular complexity index is 619. The Morgan fingerprint density at radius 3 is 2.79 bits per heavy atom. The number of carbonyl (C=O) groups is 1. The summed E-state index contributed by atoms with van der Waals surface area (Å²) in [6, 6.07) is 2.06. The number of thiophene rings is 1. The summed E-state index contributed by atoms with van der Waals surface area (Å²) < 4.78 is 0. The molecular formula is C14H19N3OS. The van der Waals surface area contributed by atoms with E-state index in [0.717, 1.165) is 34.3 Å². The van der Waals surface area contributed by atoms with Crippen molar-refractivity contribution < 1.29 is 4.79 Å². The van der Waals surface area contributed by atoms with E-state index in [1.54, 1.807) is 0 Å². The molecule has 0 saturated heterocycles. The summed E-state index contributed by atoms with van der Waals surface area (Å²) >= 11 is 1.29. The third-order valence-corrected chi connectivity index (χ3v) is 4.32. The van der Waals surface area contributed by atoms with Crippen LogP contribution < -0.4 is 11.5 Å². The fourth-order valence-corrected chi connectivity index (χ4v) is 3.29. The van der Waals surface area contributed by atoms with E-state index < -0.39 is 5.91 Å². The number of aryl methyl sites for hydroxylation is 2. The minimum Gasteiger partial charge on any atom is -0.397 e. The van der Waals surface area contributed by atoms with Crippen molar-refractivity contribution in [3.63, 3.8) is 0 Å². The SMILES string of the molecule is CCCCCc1cc(C)c2c(N)c(C(N)=O)sc2n1. The smallest absolute Gasteiger partial charge is 0.260 e. The van der Waals surface area contributed by atoms with E-state index in [1.807, 2.05) is 6.92 Å². The number of rotatable bonds is 5. The normalized spacial score (nSPS) is 11.1. The van der Waals surface area contributed by atoms with Crippen molar-refractivity contribution in [2.45, 2.75) is 39.5 Å². The Morgan fingerprint density at radius 1 is 1.42 bits per heavy atom. The quantitative estimate of drug-likeness (QED) is 0.824. The summed E-state index contributed by atoms with van der Waals surface area (Å²) in [5, 5.41) is 0.873. The van der Waals surface area contributed by atoms with E-state index in [-0.39, 0.29) is 0 Å². The van der Waals surface area contributed by atoms with Crippen LogP contribution in [-0.2, 0) is 6.42 Å². The van der Waals surface area contributed by atoms with E-state index in [9.17, 15) is 4.79 Å². The van der Waals surface area contributed by atoms with Crippen molar-refractivity contribution >= 4 is 33.1 Å². The Morgan fingerprint density at radius 2 is 2.16 bits per heavy atom. The van der Waals surface area contributed by atoms with Crippen LogP contribution in [0.15, 0.2) is 6.07 Å². The molecule has 2 aromatic heterocycles. The molecule has 0 saturated carbocycles. The van der Waals surface area contributed by atoms with Crippen LogP contribution in [0.25, 0.3) is 10.2 Å². The van der Waals surface area contributed by atoms with Crippen LogP contribution in [0, 0.1) is 6.92 Å². The summed E-state index contributed by atoms with van der Waals surface area (Å²) in [5.74, 6) is -0.479. The summed E-state index contributed by atoms with van der Waals surface area (Å²) in [5.41, 5.74) is 13.9. The number of nitrogen functional groups attached to an aromatic ring is 1. The van der Waals surface area contributed by atoms with Gasteiger partial charge in [0.05, 0.1) is 5.69 Å². The third kappa shape index (κ3) is 2.71. The zero-order chi connectivity index (χ0) is 14.0. The molecule has 0 unspecified atom stereocenters. The molecule has 0 atom stereocenters. The Kier molecular flexibility index (Phi) is 4.04. The molecule has 4 N–H and O–H groups in total. The lowest BCUT2D eigenvalue weighted by atomic mass is 10.1. The second-order valence-corrected chi connectivity index (χ2v) is 5.78. The van der Waals surface area contributed by atoms with Crippen LogP contribution in [-0.4, -0.2) is 10.9 Å². The Labute approximate surface area is 116 Å². The summed E-state index contributed by atoms with van der Waals surface area (Å²) in [4.78, 5) is 17.2. The molecule has 4 nitrogen and oxygen atoms in total. The topological polar surface area (TPSA) is 82.0 Å². The highest BCUT2D eigenvalue weighted by atomic mass is 32.1. The zero-order valence-corrected chi connectivity index (χ0v) is 12.1. The molecule has 0 fully saturated rings. The summed E-state index contributed by atoms with van der Waals surface area (Å²) in [6.07, 6.45) is 4.50. The molecule has 2 rings (SSSR count). The maximum Gasteiger partial charge on any atom is 0.260 e. The van der Waals surface area contributed by atoms with Crippen LogP contribution in [0.3, 0.4) is 0 Å². The van der Waals surface area contributed by atoms with Gasteiger partial charge in [-0.3, -0.25) is 4.79 Å². The molecular weight excluding hydrogens is 258 g/mol. The summed E-state index contributed by atoms with van der Waals surface area (Å²) in [7, 11) is 0. The van der Waals surface area contributed by atoms with E-state index in [4.69, 9.17) is 11.5 Å². The molecule has 2 aromatic rings. The molecule has 5 heteroatoms. The van der Waals surface area contributed by atoms with Crippen LogP contribution in [0.1, 0.15) is 47.1 Å². The average molecular weight is 277 g/mol. The lowest BCUT2D eigenvalue weighted by Gasteiger charge is -2.03. The molecule has 2 heterocycles. The number of hydrogen-bond donors (Lipinski definition) is 2. The van der Waals surface area contributed by atoms with Crippen molar-refractivity contribution in [1.82, 2.24) is 4.98 Å². The first-order valence-corrected chi connectivity index (χ1v) is 7.34. The van der Waals surface area contributed by atoms with Crippen molar-refractivity contribution in [3.8, 4) is 0 Å². The lowest BCUT2D eigenvalue weighted by Crippen LogP contribution is -2.10. The molecule has 1 amide bonds. The largest absolute Gasteiger partial charge is 0.397 e. The fraction of sp³-hybridized carbons (Fsp3) is 0.429. The molecule has 19 heavy (non-hydrogen) atoms. The third-order valence-electron chi connectivity index (χ3n) is 3.21. The van der Waals surface area contributed by atoms with Crippen molar-refractivity contribution in [2.75, 3.05) is 5.73 Å². The molecule has 0 aromatic carbocycles. The molecule has 0 aliphatic carbocycles. The number of carbonyl (C=O) groups excluding carboxylic acids is 1. The van der Waals surface area contributed by atoms with Gasteiger partial charge in [0, 0.05) is 11.1 Å². The first-order valence-electron chi connectivity index (χ1n) is 6.52. The van der Waals surface area contributed by atoms with Crippen molar-refractivity contribution in [1.29, 1.82) is 0 Å². The number of nitrogens with two attached hydrogens (primary N) is 2. The molecule has 102 valence electrons. The van der Waals surface area contributed by atoms with Crippen molar-refractivity contribution in [2.24, 2.45) is 5.73 Å².